The number of nitrogens with zero attached hydrogens (tertiary/aromatic N) is 3. The van der Waals surface area contributed by atoms with Crippen LogP contribution in [-0.4, -0.2) is 94.4 Å². The molecule has 136 valence electrons. The molecular weight excluding hydrogens is 318 g/mol. The predicted molar refractivity (Wildman–Crippen MR) is 94.3 cm³/mol. The Morgan fingerprint density at radius 1 is 1.16 bits per heavy atom. The van der Waals surface area contributed by atoms with Crippen molar-refractivity contribution in [3.05, 3.63) is 35.9 Å². The van der Waals surface area contributed by atoms with Crippen molar-refractivity contribution in [1.29, 1.82) is 0 Å². The first-order chi connectivity index (χ1) is 12.1. The molecule has 1 spiro atoms. The van der Waals surface area contributed by atoms with Crippen molar-refractivity contribution in [3.8, 4) is 0 Å². The minimum absolute atomic E-state index is 0.0414. The molecule has 0 bridgehead atoms. The molecular formula is C19H27N3O3. The van der Waals surface area contributed by atoms with Gasteiger partial charge in [-0.3, -0.25) is 14.6 Å². The summed E-state index contributed by atoms with van der Waals surface area (Å²) in [5, 5.41) is 19.3. The van der Waals surface area contributed by atoms with Crippen LogP contribution in [0.3, 0.4) is 0 Å². The predicted octanol–water partition coefficient (Wildman–Crippen LogP) is 0.0144. The van der Waals surface area contributed by atoms with Crippen LogP contribution >= 0.6 is 0 Å². The Morgan fingerprint density at radius 3 is 2.64 bits per heavy atom. The summed E-state index contributed by atoms with van der Waals surface area (Å²) in [6.45, 7) is 5.11. The number of hydrogen-bond donors (Lipinski definition) is 2. The van der Waals surface area contributed by atoms with E-state index in [1.54, 1.807) is 0 Å². The number of amides is 1. The molecule has 6 nitrogen and oxygen atoms in total. The molecule has 3 aliphatic heterocycles. The summed E-state index contributed by atoms with van der Waals surface area (Å²) in [7, 11) is 0. The summed E-state index contributed by atoms with van der Waals surface area (Å²) < 4.78 is 0. The molecule has 3 heterocycles. The normalized spacial score (nSPS) is 28.8. The summed E-state index contributed by atoms with van der Waals surface area (Å²) in [4.78, 5) is 19.4. The van der Waals surface area contributed by atoms with Gasteiger partial charge >= 0.3 is 0 Å². The van der Waals surface area contributed by atoms with Crippen molar-refractivity contribution in [2.45, 2.75) is 30.5 Å². The lowest BCUT2D eigenvalue weighted by Crippen LogP contribution is -2.78. The molecule has 1 aromatic carbocycles. The van der Waals surface area contributed by atoms with Gasteiger partial charge in [0.15, 0.2) is 0 Å². The van der Waals surface area contributed by atoms with Crippen LogP contribution in [0, 0.1) is 0 Å². The van der Waals surface area contributed by atoms with Gasteiger partial charge in [-0.05, 0) is 25.0 Å². The fourth-order valence-electron chi connectivity index (χ4n) is 4.83. The number of hydrogen-bond acceptors (Lipinski definition) is 5. The number of aliphatic hydroxyl groups is 2. The monoisotopic (exact) mass is 345 g/mol. The van der Waals surface area contributed by atoms with E-state index in [2.05, 4.69) is 9.80 Å². The molecule has 0 unspecified atom stereocenters. The number of β-amino-alcohol motifs (C(OH)–C–C–N with tert-alkyl or cyclic N) is 1. The van der Waals surface area contributed by atoms with E-state index in [1.165, 1.54) is 0 Å². The van der Waals surface area contributed by atoms with E-state index < -0.39 is 0 Å². The van der Waals surface area contributed by atoms with E-state index >= 15 is 0 Å². The molecule has 3 fully saturated rings. The molecule has 0 aliphatic carbocycles. The second-order valence-electron chi connectivity index (χ2n) is 7.76. The number of benzene rings is 1. The summed E-state index contributed by atoms with van der Waals surface area (Å²) in [6.07, 6.45) is 1.32. The molecule has 0 radical (unpaired) electrons. The van der Waals surface area contributed by atoms with Gasteiger partial charge in [-0.2, -0.15) is 0 Å². The smallest absolute Gasteiger partial charge is 0.253 e. The molecule has 3 saturated heterocycles. The Bertz CT molecular complexity index is 618. The minimum atomic E-state index is -0.265. The zero-order chi connectivity index (χ0) is 17.4. The lowest BCUT2D eigenvalue weighted by atomic mass is 9.83. The minimum Gasteiger partial charge on any atom is -0.396 e. The van der Waals surface area contributed by atoms with Crippen molar-refractivity contribution in [2.24, 2.45) is 0 Å². The maximum atomic E-state index is 12.7. The van der Waals surface area contributed by atoms with Crippen LogP contribution < -0.4 is 0 Å². The molecule has 2 atom stereocenters. The van der Waals surface area contributed by atoms with Crippen LogP contribution in [0.4, 0.5) is 0 Å². The van der Waals surface area contributed by atoms with Gasteiger partial charge in [-0.1, -0.05) is 18.2 Å². The van der Waals surface area contributed by atoms with E-state index in [4.69, 9.17) is 5.11 Å². The maximum absolute atomic E-state index is 12.7. The topological polar surface area (TPSA) is 67.2 Å². The summed E-state index contributed by atoms with van der Waals surface area (Å²) in [5.74, 6) is 0.0926. The zero-order valence-electron chi connectivity index (χ0n) is 14.5. The van der Waals surface area contributed by atoms with E-state index in [0.717, 1.165) is 51.1 Å². The average Bonchev–Trinajstić information content (AvgIpc) is 2.97. The van der Waals surface area contributed by atoms with E-state index in [9.17, 15) is 9.90 Å². The third-order valence-electron chi connectivity index (χ3n) is 5.90. The molecule has 3 aliphatic rings. The summed E-state index contributed by atoms with van der Waals surface area (Å²) in [6, 6.07) is 9.80. The van der Waals surface area contributed by atoms with Crippen molar-refractivity contribution < 1.29 is 15.0 Å². The number of carbonyl (C=O) groups excluding carboxylic acids is 1. The summed E-state index contributed by atoms with van der Waals surface area (Å²) >= 11 is 0. The largest absolute Gasteiger partial charge is 0.396 e. The van der Waals surface area contributed by atoms with Crippen LogP contribution in [0.5, 0.6) is 0 Å². The summed E-state index contributed by atoms with van der Waals surface area (Å²) in [5.41, 5.74) is 0.698. The first kappa shape index (κ1) is 17.0. The van der Waals surface area contributed by atoms with Crippen molar-refractivity contribution >= 4 is 5.91 Å². The average molecular weight is 345 g/mol. The van der Waals surface area contributed by atoms with Crippen molar-refractivity contribution in [1.82, 2.24) is 14.7 Å². The molecule has 1 aromatic rings. The van der Waals surface area contributed by atoms with Crippen LogP contribution in [-0.2, 0) is 0 Å². The fraction of sp³-hybridized carbons (Fsp3) is 0.632. The quantitative estimate of drug-likeness (QED) is 0.805. The fourth-order valence-corrected chi connectivity index (χ4v) is 4.83. The lowest BCUT2D eigenvalue weighted by molar-refractivity contribution is -0.100. The third kappa shape index (κ3) is 3.08. The molecule has 6 heteroatoms. The number of piperazine rings is 1. The Kier molecular flexibility index (Phi) is 4.54. The molecule has 1 amide bonds. The number of aliphatic hydroxyl groups excluding tert-OH is 2. The molecule has 25 heavy (non-hydrogen) atoms. The third-order valence-corrected chi connectivity index (χ3v) is 5.90. The van der Waals surface area contributed by atoms with Gasteiger partial charge in [0.25, 0.3) is 5.91 Å². The second-order valence-corrected chi connectivity index (χ2v) is 7.76. The number of rotatable bonds is 4. The lowest BCUT2D eigenvalue weighted by Gasteiger charge is -2.61. The van der Waals surface area contributed by atoms with Gasteiger partial charge in [-0.15, -0.1) is 0 Å². The standard InChI is InChI=1S/C19H27N3O3/c23-8-4-7-20-10-16-9-17(24)11-22(16)19(12-20)13-21(14-19)18(25)15-5-2-1-3-6-15/h1-3,5-6,16-17,23-24H,4,7-14H2/t16-,17-/m1/s1. The van der Waals surface area contributed by atoms with Crippen LogP contribution in [0.2, 0.25) is 0 Å². The van der Waals surface area contributed by atoms with Gasteiger partial charge in [0.1, 0.15) is 0 Å². The zero-order valence-corrected chi connectivity index (χ0v) is 14.5. The van der Waals surface area contributed by atoms with Gasteiger partial charge in [0.05, 0.1) is 11.6 Å². The van der Waals surface area contributed by atoms with E-state index in [-0.39, 0.29) is 24.2 Å². The number of likely N-dealkylation sites (tertiary alicyclic amines) is 1. The molecule has 4 rings (SSSR count). The van der Waals surface area contributed by atoms with Crippen molar-refractivity contribution in [3.63, 3.8) is 0 Å². The highest BCUT2D eigenvalue weighted by molar-refractivity contribution is 5.95. The van der Waals surface area contributed by atoms with Gasteiger partial charge in [0.2, 0.25) is 0 Å². The van der Waals surface area contributed by atoms with Gasteiger partial charge in [0, 0.05) is 57.5 Å². The van der Waals surface area contributed by atoms with E-state index in [0.29, 0.717) is 12.6 Å². The molecule has 0 aromatic heterocycles. The van der Waals surface area contributed by atoms with Gasteiger partial charge < -0.3 is 15.1 Å². The Labute approximate surface area is 148 Å². The SMILES string of the molecule is O=C(c1ccccc1)N1CC2(CN(CCCO)C[C@H]3C[C@@H](O)CN32)C1. The number of fused-ring (bicyclic) bond motifs is 2. The van der Waals surface area contributed by atoms with Crippen LogP contribution in [0.1, 0.15) is 23.2 Å². The Hall–Kier alpha value is -1.47. The highest BCUT2D eigenvalue weighted by Gasteiger charge is 2.56. The van der Waals surface area contributed by atoms with Crippen LogP contribution in [0.15, 0.2) is 30.3 Å². The van der Waals surface area contributed by atoms with E-state index in [1.807, 2.05) is 35.2 Å². The van der Waals surface area contributed by atoms with Crippen molar-refractivity contribution in [2.75, 3.05) is 45.9 Å². The number of carbonyl (C=O) groups is 1. The highest BCUT2D eigenvalue weighted by atomic mass is 16.3. The Balaban J connectivity index is 1.47. The molecule has 0 saturated carbocycles. The first-order valence-corrected chi connectivity index (χ1v) is 9.24. The highest BCUT2D eigenvalue weighted by Crippen LogP contribution is 2.39. The first-order valence-electron chi connectivity index (χ1n) is 9.24. The van der Waals surface area contributed by atoms with Gasteiger partial charge in [-0.25, -0.2) is 0 Å². The van der Waals surface area contributed by atoms with Crippen LogP contribution in [0.25, 0.3) is 0 Å². The second kappa shape index (κ2) is 6.68. The molecule has 2 N–H and O–H groups in total. The Morgan fingerprint density at radius 2 is 1.92 bits per heavy atom. The maximum Gasteiger partial charge on any atom is 0.253 e.